The number of carbonyl (C=O) groups is 1. The average Bonchev–Trinajstić information content (AvgIpc) is 2.83. The van der Waals surface area contributed by atoms with Gasteiger partial charge in [0.2, 0.25) is 10.0 Å². The second-order valence-corrected chi connectivity index (χ2v) is 9.87. The number of nitrogens with zero attached hydrogens (tertiary/aromatic N) is 2. The van der Waals surface area contributed by atoms with Gasteiger partial charge in [0.15, 0.2) is 0 Å². The average molecular weight is 470 g/mol. The number of hydrogen-bond donors (Lipinski definition) is 1. The van der Waals surface area contributed by atoms with E-state index in [1.807, 2.05) is 18.2 Å². The molecule has 33 heavy (non-hydrogen) atoms. The molecule has 0 aliphatic carbocycles. The summed E-state index contributed by atoms with van der Waals surface area (Å²) in [5.41, 5.74) is 2.06. The van der Waals surface area contributed by atoms with Crippen molar-refractivity contribution in [3.05, 3.63) is 53.7 Å². The summed E-state index contributed by atoms with van der Waals surface area (Å²) in [6, 6.07) is 11.9. The van der Waals surface area contributed by atoms with Crippen LogP contribution in [0.2, 0.25) is 0 Å². The van der Waals surface area contributed by atoms with Gasteiger partial charge in [-0.2, -0.15) is 4.31 Å². The zero-order valence-electron chi connectivity index (χ0n) is 18.9. The lowest BCUT2D eigenvalue weighted by atomic mass is 10.1. The van der Waals surface area contributed by atoms with Gasteiger partial charge in [-0.3, -0.25) is 9.78 Å². The maximum atomic E-state index is 13.2. The topological polar surface area (TPSA) is 97.8 Å². The van der Waals surface area contributed by atoms with Crippen molar-refractivity contribution in [3.8, 4) is 11.5 Å². The number of piperidine rings is 1. The predicted molar refractivity (Wildman–Crippen MR) is 127 cm³/mol. The lowest BCUT2D eigenvalue weighted by Crippen LogP contribution is -2.35. The van der Waals surface area contributed by atoms with Crippen LogP contribution in [0.1, 0.15) is 35.3 Å². The Balaban J connectivity index is 1.64. The van der Waals surface area contributed by atoms with Crippen LogP contribution in [-0.4, -0.2) is 50.9 Å². The van der Waals surface area contributed by atoms with Crippen molar-refractivity contribution in [3.63, 3.8) is 0 Å². The molecule has 9 heteroatoms. The van der Waals surface area contributed by atoms with E-state index in [4.69, 9.17) is 9.47 Å². The van der Waals surface area contributed by atoms with E-state index >= 15 is 0 Å². The van der Waals surface area contributed by atoms with Gasteiger partial charge in [0, 0.05) is 30.2 Å². The van der Waals surface area contributed by atoms with Crippen LogP contribution in [0.25, 0.3) is 10.9 Å². The van der Waals surface area contributed by atoms with Crippen LogP contribution >= 0.6 is 0 Å². The SMILES string of the molecule is COc1ccc2cc(C(=O)Nc3ccc(OC)c(S(=O)(=O)N4CCCCC4)c3)c(C)nc2c1. The van der Waals surface area contributed by atoms with E-state index in [1.54, 1.807) is 32.2 Å². The molecule has 1 fully saturated rings. The van der Waals surface area contributed by atoms with Gasteiger partial charge in [0.1, 0.15) is 16.4 Å². The maximum absolute atomic E-state index is 13.2. The first-order chi connectivity index (χ1) is 15.8. The highest BCUT2D eigenvalue weighted by atomic mass is 32.2. The number of benzene rings is 2. The number of nitrogens with one attached hydrogen (secondary N) is 1. The summed E-state index contributed by atoms with van der Waals surface area (Å²) in [5.74, 6) is 0.563. The largest absolute Gasteiger partial charge is 0.497 e. The molecular weight excluding hydrogens is 442 g/mol. The standard InChI is InChI=1S/C24H27N3O5S/c1-16-20(13-17-7-9-19(31-2)15-21(17)25-16)24(28)26-18-8-10-22(32-3)23(14-18)33(29,30)27-11-5-4-6-12-27/h7-10,13-15H,4-6,11-12H2,1-3H3,(H,26,28). The summed E-state index contributed by atoms with van der Waals surface area (Å²) in [6.07, 6.45) is 2.68. The minimum absolute atomic E-state index is 0.0464. The Morgan fingerprint density at radius 3 is 2.45 bits per heavy atom. The number of anilines is 1. The molecule has 8 nitrogen and oxygen atoms in total. The quantitative estimate of drug-likeness (QED) is 0.586. The van der Waals surface area contributed by atoms with Crippen molar-refractivity contribution >= 4 is 32.5 Å². The summed E-state index contributed by atoms with van der Waals surface area (Å²) in [6.45, 7) is 2.72. The van der Waals surface area contributed by atoms with E-state index in [0.717, 1.165) is 30.2 Å². The Bertz CT molecular complexity index is 1300. The summed E-state index contributed by atoms with van der Waals surface area (Å²) in [4.78, 5) is 17.6. The molecule has 2 heterocycles. The van der Waals surface area contributed by atoms with E-state index in [2.05, 4.69) is 10.3 Å². The fourth-order valence-electron chi connectivity index (χ4n) is 4.00. The van der Waals surface area contributed by atoms with Gasteiger partial charge in [0.05, 0.1) is 31.0 Å². The van der Waals surface area contributed by atoms with E-state index in [-0.39, 0.29) is 16.6 Å². The molecule has 0 bridgehead atoms. The highest BCUT2D eigenvalue weighted by molar-refractivity contribution is 7.89. The number of pyridine rings is 1. The first-order valence-electron chi connectivity index (χ1n) is 10.8. The molecule has 0 atom stereocenters. The number of rotatable bonds is 6. The third-order valence-corrected chi connectivity index (χ3v) is 7.73. The molecule has 0 unspecified atom stereocenters. The van der Waals surface area contributed by atoms with Gasteiger partial charge in [0.25, 0.3) is 5.91 Å². The first kappa shape index (κ1) is 23.0. The van der Waals surface area contributed by atoms with Crippen molar-refractivity contribution in [2.24, 2.45) is 0 Å². The van der Waals surface area contributed by atoms with Crippen LogP contribution in [0.5, 0.6) is 11.5 Å². The van der Waals surface area contributed by atoms with Crippen LogP contribution < -0.4 is 14.8 Å². The molecule has 1 aliphatic heterocycles. The molecule has 3 aromatic rings. The molecular formula is C24H27N3O5S. The lowest BCUT2D eigenvalue weighted by molar-refractivity contribution is 0.102. The lowest BCUT2D eigenvalue weighted by Gasteiger charge is -2.26. The van der Waals surface area contributed by atoms with Gasteiger partial charge in [-0.25, -0.2) is 8.42 Å². The smallest absolute Gasteiger partial charge is 0.257 e. The summed E-state index contributed by atoms with van der Waals surface area (Å²) < 4.78 is 38.5. The zero-order chi connectivity index (χ0) is 23.6. The molecule has 0 saturated carbocycles. The Hall–Kier alpha value is -3.17. The van der Waals surface area contributed by atoms with E-state index < -0.39 is 10.0 Å². The summed E-state index contributed by atoms with van der Waals surface area (Å²) in [7, 11) is -0.718. The second kappa shape index (κ2) is 9.36. The first-order valence-corrected chi connectivity index (χ1v) is 12.2. The van der Waals surface area contributed by atoms with E-state index in [0.29, 0.717) is 35.8 Å². The molecule has 2 aromatic carbocycles. The van der Waals surface area contributed by atoms with E-state index in [1.165, 1.54) is 17.5 Å². The van der Waals surface area contributed by atoms with Crippen molar-refractivity contribution in [1.82, 2.24) is 9.29 Å². The number of aromatic nitrogens is 1. The number of sulfonamides is 1. The third-order valence-electron chi connectivity index (χ3n) is 5.81. The van der Waals surface area contributed by atoms with Gasteiger partial charge in [-0.15, -0.1) is 0 Å². The molecule has 1 saturated heterocycles. The number of amides is 1. The number of aryl methyl sites for hydroxylation is 1. The highest BCUT2D eigenvalue weighted by Crippen LogP contribution is 2.31. The summed E-state index contributed by atoms with van der Waals surface area (Å²) >= 11 is 0. The highest BCUT2D eigenvalue weighted by Gasteiger charge is 2.29. The van der Waals surface area contributed by atoms with Crippen LogP contribution in [0.15, 0.2) is 47.4 Å². The molecule has 1 aliphatic rings. The molecule has 1 amide bonds. The predicted octanol–water partition coefficient (Wildman–Crippen LogP) is 3.99. The number of carbonyl (C=O) groups excluding carboxylic acids is 1. The molecule has 4 rings (SSSR count). The zero-order valence-corrected chi connectivity index (χ0v) is 19.7. The minimum atomic E-state index is -3.74. The maximum Gasteiger partial charge on any atom is 0.257 e. The Kier molecular flexibility index (Phi) is 6.53. The molecule has 1 N–H and O–H groups in total. The Morgan fingerprint density at radius 1 is 1.00 bits per heavy atom. The number of fused-ring (bicyclic) bond motifs is 1. The minimum Gasteiger partial charge on any atom is -0.497 e. The molecule has 1 aromatic heterocycles. The number of hydrogen-bond acceptors (Lipinski definition) is 6. The molecule has 0 radical (unpaired) electrons. The Labute approximate surface area is 193 Å². The molecule has 0 spiro atoms. The van der Waals surface area contributed by atoms with Crippen LogP contribution in [0.3, 0.4) is 0 Å². The fraction of sp³-hybridized carbons (Fsp3) is 0.333. The second-order valence-electron chi connectivity index (χ2n) is 7.96. The van der Waals surface area contributed by atoms with Crippen LogP contribution in [0, 0.1) is 6.92 Å². The van der Waals surface area contributed by atoms with Crippen LogP contribution in [-0.2, 0) is 10.0 Å². The summed E-state index contributed by atoms with van der Waals surface area (Å²) in [5, 5.41) is 3.61. The van der Waals surface area contributed by atoms with Gasteiger partial charge >= 0.3 is 0 Å². The van der Waals surface area contributed by atoms with Gasteiger partial charge in [-0.1, -0.05) is 6.42 Å². The van der Waals surface area contributed by atoms with Crippen LogP contribution in [0.4, 0.5) is 5.69 Å². The van der Waals surface area contributed by atoms with Gasteiger partial charge < -0.3 is 14.8 Å². The van der Waals surface area contributed by atoms with Crippen molar-refractivity contribution in [2.45, 2.75) is 31.1 Å². The monoisotopic (exact) mass is 469 g/mol. The fourth-order valence-corrected chi connectivity index (χ4v) is 5.70. The number of ether oxygens (including phenoxy) is 2. The number of methoxy groups -OCH3 is 2. The Morgan fingerprint density at radius 2 is 1.76 bits per heavy atom. The van der Waals surface area contributed by atoms with E-state index in [9.17, 15) is 13.2 Å². The van der Waals surface area contributed by atoms with Crippen molar-refractivity contribution in [2.75, 3.05) is 32.6 Å². The normalized spacial score (nSPS) is 14.8. The van der Waals surface area contributed by atoms with Crippen molar-refractivity contribution in [1.29, 1.82) is 0 Å². The third kappa shape index (κ3) is 4.65. The molecule has 174 valence electrons. The van der Waals surface area contributed by atoms with Crippen molar-refractivity contribution < 1.29 is 22.7 Å². The van der Waals surface area contributed by atoms with Gasteiger partial charge in [-0.05, 0) is 56.2 Å².